The Bertz CT molecular complexity index is 838. The van der Waals surface area contributed by atoms with Gasteiger partial charge in [-0.2, -0.15) is 0 Å². The minimum atomic E-state index is -1.16. The first-order chi connectivity index (χ1) is 12.7. The molecule has 0 radical (unpaired) electrons. The van der Waals surface area contributed by atoms with Crippen molar-refractivity contribution < 1.29 is 19.4 Å². The highest BCUT2D eigenvalue weighted by molar-refractivity contribution is 5.70. The molecule has 2 aromatic rings. The van der Waals surface area contributed by atoms with E-state index in [1.807, 2.05) is 0 Å². The molecule has 2 unspecified atom stereocenters. The molecule has 3 N–H and O–H groups in total. The molecule has 1 aliphatic rings. The SMILES string of the molecule is CC(C)(O)c1cc(-c2nc(NC3CCCC(C(=O)O)C3)ncc2F)ccn1. The van der Waals surface area contributed by atoms with E-state index in [4.69, 9.17) is 0 Å². The maximum atomic E-state index is 14.3. The first-order valence-corrected chi connectivity index (χ1v) is 8.95. The van der Waals surface area contributed by atoms with E-state index < -0.39 is 17.4 Å². The largest absolute Gasteiger partial charge is 0.481 e. The Balaban J connectivity index is 1.84. The van der Waals surface area contributed by atoms with Crippen molar-refractivity contribution in [1.82, 2.24) is 15.0 Å². The molecule has 0 aromatic carbocycles. The number of anilines is 1. The molecule has 27 heavy (non-hydrogen) atoms. The van der Waals surface area contributed by atoms with E-state index in [1.54, 1.807) is 26.0 Å². The van der Waals surface area contributed by atoms with Crippen LogP contribution in [0.4, 0.5) is 10.3 Å². The number of hydrogen-bond acceptors (Lipinski definition) is 6. The number of carboxylic acids is 1. The van der Waals surface area contributed by atoms with Crippen molar-refractivity contribution in [3.05, 3.63) is 36.0 Å². The van der Waals surface area contributed by atoms with Crippen molar-refractivity contribution in [3.8, 4) is 11.3 Å². The van der Waals surface area contributed by atoms with Gasteiger partial charge in [0, 0.05) is 17.8 Å². The first-order valence-electron chi connectivity index (χ1n) is 8.95. The maximum absolute atomic E-state index is 14.3. The average molecular weight is 374 g/mol. The summed E-state index contributed by atoms with van der Waals surface area (Å²) in [7, 11) is 0. The lowest BCUT2D eigenvalue weighted by Gasteiger charge is -2.27. The minimum absolute atomic E-state index is 0.0671. The van der Waals surface area contributed by atoms with Crippen LogP contribution in [0.1, 0.15) is 45.2 Å². The second-order valence-corrected chi connectivity index (χ2v) is 7.42. The number of nitrogens with zero attached hydrogens (tertiary/aromatic N) is 3. The zero-order chi connectivity index (χ0) is 19.6. The zero-order valence-corrected chi connectivity index (χ0v) is 15.3. The summed E-state index contributed by atoms with van der Waals surface area (Å²) in [5, 5.41) is 22.5. The average Bonchev–Trinajstić information content (AvgIpc) is 2.63. The molecule has 0 bridgehead atoms. The third kappa shape index (κ3) is 4.57. The van der Waals surface area contributed by atoms with Gasteiger partial charge in [-0.3, -0.25) is 9.78 Å². The molecule has 8 heteroatoms. The predicted molar refractivity (Wildman–Crippen MR) is 97.5 cm³/mol. The number of carboxylic acid groups (broad SMARTS) is 1. The number of nitrogens with one attached hydrogen (secondary N) is 1. The van der Waals surface area contributed by atoms with Crippen molar-refractivity contribution >= 4 is 11.9 Å². The van der Waals surface area contributed by atoms with E-state index in [9.17, 15) is 19.4 Å². The minimum Gasteiger partial charge on any atom is -0.481 e. The van der Waals surface area contributed by atoms with Crippen LogP contribution in [0.15, 0.2) is 24.5 Å². The number of hydrogen-bond donors (Lipinski definition) is 3. The van der Waals surface area contributed by atoms with Crippen LogP contribution in [0, 0.1) is 11.7 Å². The van der Waals surface area contributed by atoms with Gasteiger partial charge in [0.15, 0.2) is 5.82 Å². The predicted octanol–water partition coefficient (Wildman–Crippen LogP) is 2.96. The summed E-state index contributed by atoms with van der Waals surface area (Å²) in [5.74, 6) is -1.51. The number of pyridine rings is 1. The Labute approximate surface area is 156 Å². The van der Waals surface area contributed by atoms with Gasteiger partial charge >= 0.3 is 5.97 Å². The smallest absolute Gasteiger partial charge is 0.306 e. The van der Waals surface area contributed by atoms with E-state index in [2.05, 4.69) is 20.3 Å². The van der Waals surface area contributed by atoms with E-state index in [0.717, 1.165) is 19.0 Å². The first kappa shape index (κ1) is 19.2. The van der Waals surface area contributed by atoms with Crippen molar-refractivity contribution in [2.24, 2.45) is 5.92 Å². The molecule has 2 atom stereocenters. The molecule has 1 fully saturated rings. The summed E-state index contributed by atoms with van der Waals surface area (Å²) in [6.07, 6.45) is 5.37. The van der Waals surface area contributed by atoms with Crippen LogP contribution >= 0.6 is 0 Å². The van der Waals surface area contributed by atoms with E-state index in [-0.39, 0.29) is 23.6 Å². The molecule has 0 spiro atoms. The number of rotatable bonds is 5. The summed E-state index contributed by atoms with van der Waals surface area (Å²) in [5.41, 5.74) is -0.165. The van der Waals surface area contributed by atoms with Crippen LogP contribution in [0.25, 0.3) is 11.3 Å². The fraction of sp³-hybridized carbons (Fsp3) is 0.474. The van der Waals surface area contributed by atoms with Crippen LogP contribution in [0.2, 0.25) is 0 Å². The Morgan fingerprint density at radius 3 is 2.81 bits per heavy atom. The molecule has 144 valence electrons. The second kappa shape index (κ2) is 7.56. The van der Waals surface area contributed by atoms with Gasteiger partial charge in [0.2, 0.25) is 5.95 Å². The third-order valence-corrected chi connectivity index (χ3v) is 4.76. The van der Waals surface area contributed by atoms with Gasteiger partial charge in [-0.15, -0.1) is 0 Å². The molecule has 1 saturated carbocycles. The van der Waals surface area contributed by atoms with Crippen molar-refractivity contribution in [1.29, 1.82) is 0 Å². The van der Waals surface area contributed by atoms with Crippen molar-refractivity contribution in [3.63, 3.8) is 0 Å². The van der Waals surface area contributed by atoms with E-state index >= 15 is 0 Å². The fourth-order valence-electron chi connectivity index (χ4n) is 3.28. The Hall–Kier alpha value is -2.61. The molecule has 7 nitrogen and oxygen atoms in total. The number of halogens is 1. The van der Waals surface area contributed by atoms with Crippen LogP contribution in [-0.4, -0.2) is 37.2 Å². The summed E-state index contributed by atoms with van der Waals surface area (Å²) in [6.45, 7) is 3.20. The van der Waals surface area contributed by atoms with Crippen molar-refractivity contribution in [2.45, 2.75) is 51.2 Å². The van der Waals surface area contributed by atoms with Crippen LogP contribution in [0.3, 0.4) is 0 Å². The molecular formula is C19H23FN4O3. The second-order valence-electron chi connectivity index (χ2n) is 7.42. The standard InChI is InChI=1S/C19H23FN4O3/c1-19(2,27)15-9-11(6-7-21-15)16-14(20)10-22-18(24-16)23-13-5-3-4-12(8-13)17(25)26/h6-7,9-10,12-13,27H,3-5,8H2,1-2H3,(H,25,26)(H,22,23,24). The van der Waals surface area contributed by atoms with Crippen LogP contribution in [-0.2, 0) is 10.4 Å². The summed E-state index contributed by atoms with van der Waals surface area (Å²) in [6, 6.07) is 3.14. The van der Waals surface area contributed by atoms with E-state index in [0.29, 0.717) is 24.1 Å². The lowest BCUT2D eigenvalue weighted by atomic mass is 9.86. The van der Waals surface area contributed by atoms with Gasteiger partial charge in [-0.05, 0) is 45.2 Å². The molecular weight excluding hydrogens is 351 g/mol. The van der Waals surface area contributed by atoms with Gasteiger partial charge in [0.05, 0.1) is 17.8 Å². The summed E-state index contributed by atoms with van der Waals surface area (Å²) < 4.78 is 14.3. The topological polar surface area (TPSA) is 108 Å². The molecule has 2 heterocycles. The number of aliphatic carboxylic acids is 1. The zero-order valence-electron chi connectivity index (χ0n) is 15.3. The highest BCUT2D eigenvalue weighted by atomic mass is 19.1. The van der Waals surface area contributed by atoms with E-state index in [1.165, 1.54) is 6.20 Å². The summed E-state index contributed by atoms with van der Waals surface area (Å²) >= 11 is 0. The monoisotopic (exact) mass is 374 g/mol. The van der Waals surface area contributed by atoms with Crippen LogP contribution in [0.5, 0.6) is 0 Å². The van der Waals surface area contributed by atoms with Crippen LogP contribution < -0.4 is 5.32 Å². The Kier molecular flexibility index (Phi) is 5.36. The number of aromatic nitrogens is 3. The molecule has 0 aliphatic heterocycles. The van der Waals surface area contributed by atoms with Gasteiger partial charge in [0.1, 0.15) is 11.3 Å². The van der Waals surface area contributed by atoms with Gasteiger partial charge in [-0.25, -0.2) is 14.4 Å². The summed E-state index contributed by atoms with van der Waals surface area (Å²) in [4.78, 5) is 23.6. The van der Waals surface area contributed by atoms with Gasteiger partial charge in [0.25, 0.3) is 0 Å². The molecule has 1 aliphatic carbocycles. The number of aliphatic hydroxyl groups is 1. The van der Waals surface area contributed by atoms with Gasteiger partial charge < -0.3 is 15.5 Å². The third-order valence-electron chi connectivity index (χ3n) is 4.76. The quantitative estimate of drug-likeness (QED) is 0.738. The normalized spacial score (nSPS) is 20.3. The van der Waals surface area contributed by atoms with Crippen molar-refractivity contribution in [2.75, 3.05) is 5.32 Å². The highest BCUT2D eigenvalue weighted by Gasteiger charge is 2.27. The fourth-order valence-corrected chi connectivity index (χ4v) is 3.28. The lowest BCUT2D eigenvalue weighted by molar-refractivity contribution is -0.142. The Morgan fingerprint density at radius 2 is 2.11 bits per heavy atom. The molecule has 3 rings (SSSR count). The Morgan fingerprint density at radius 1 is 1.33 bits per heavy atom. The maximum Gasteiger partial charge on any atom is 0.306 e. The molecule has 2 aromatic heterocycles. The number of carbonyl (C=O) groups is 1. The molecule has 0 saturated heterocycles. The molecule has 0 amide bonds. The lowest BCUT2D eigenvalue weighted by Crippen LogP contribution is -2.31. The van der Waals surface area contributed by atoms with Gasteiger partial charge in [-0.1, -0.05) is 6.42 Å². The highest BCUT2D eigenvalue weighted by Crippen LogP contribution is 2.28.